The summed E-state index contributed by atoms with van der Waals surface area (Å²) in [5, 5.41) is 0. The highest BCUT2D eigenvalue weighted by molar-refractivity contribution is 5.92. The van der Waals surface area contributed by atoms with Crippen molar-refractivity contribution in [1.82, 2.24) is 4.98 Å². The highest BCUT2D eigenvalue weighted by atomic mass is 16.8. The van der Waals surface area contributed by atoms with Crippen molar-refractivity contribution >= 4 is 11.9 Å². The number of epoxide rings is 3. The Labute approximate surface area is 209 Å². The number of esters is 2. The predicted molar refractivity (Wildman–Crippen MR) is 124 cm³/mol. The van der Waals surface area contributed by atoms with E-state index in [0.29, 0.717) is 19.4 Å². The van der Waals surface area contributed by atoms with Crippen LogP contribution in [0.5, 0.6) is 0 Å². The Morgan fingerprint density at radius 1 is 1.25 bits per heavy atom. The summed E-state index contributed by atoms with van der Waals surface area (Å²) in [5.41, 5.74) is 0.879. The molecule has 3 saturated heterocycles. The SMILES string of the molecule is CC(C)[C@]12O[C@H]1[C@@H]1O[C@]13[C@]1(O[C@H]1C[C@H]1C4=C(CC[C@@]13C)C(=O)OC4)[C@@H]2OC(=O)CCc1cccnc1. The van der Waals surface area contributed by atoms with E-state index in [1.165, 1.54) is 0 Å². The van der Waals surface area contributed by atoms with Gasteiger partial charge in [0, 0.05) is 29.8 Å². The third kappa shape index (κ3) is 2.27. The maximum atomic E-state index is 13.3. The third-order valence-corrected chi connectivity index (χ3v) is 10.7. The Balaban J connectivity index is 1.15. The quantitative estimate of drug-likeness (QED) is 0.456. The lowest BCUT2D eigenvalue weighted by molar-refractivity contribution is -0.169. The molecule has 5 heterocycles. The zero-order valence-electron chi connectivity index (χ0n) is 20.8. The number of rotatable bonds is 5. The van der Waals surface area contributed by atoms with Crippen LogP contribution < -0.4 is 0 Å². The standard InChI is InChI=1S/C28H31NO7/c1-14(2)26-21(35-26)22-28(36-22)25(3)9-8-16-17(13-32-23(16)31)18(25)11-19-27(28,34-19)24(26)33-20(30)7-6-15-5-4-10-29-12-15/h4-5,10,12,14,18-19,21-22,24H,6-9,11,13H2,1-3H3/t18-,19-,21-,22-,24+,25-,26-,27+,28+/m0/s1. The second kappa shape index (κ2) is 6.58. The monoisotopic (exact) mass is 493 g/mol. The van der Waals surface area contributed by atoms with Gasteiger partial charge in [-0.05, 0) is 54.7 Å². The number of nitrogens with zero attached hydrogens (tertiary/aromatic N) is 1. The lowest BCUT2D eigenvalue weighted by atomic mass is 9.46. The molecule has 3 aliphatic carbocycles. The van der Waals surface area contributed by atoms with Crippen molar-refractivity contribution < 1.29 is 33.3 Å². The summed E-state index contributed by atoms with van der Waals surface area (Å²) in [7, 11) is 0. The molecule has 0 radical (unpaired) electrons. The summed E-state index contributed by atoms with van der Waals surface area (Å²) in [6.07, 6.45) is 5.84. The van der Waals surface area contributed by atoms with E-state index in [2.05, 4.69) is 25.8 Å². The second-order valence-electron chi connectivity index (χ2n) is 12.2. The van der Waals surface area contributed by atoms with Gasteiger partial charge in [-0.15, -0.1) is 0 Å². The highest BCUT2D eigenvalue weighted by Gasteiger charge is 3.01. The molecular formula is C28H31NO7. The van der Waals surface area contributed by atoms with Crippen molar-refractivity contribution in [3.63, 3.8) is 0 Å². The molecule has 4 aliphatic heterocycles. The van der Waals surface area contributed by atoms with E-state index < -0.39 is 22.9 Å². The number of aryl methyl sites for hydroxylation is 1. The van der Waals surface area contributed by atoms with Gasteiger partial charge in [0.15, 0.2) is 11.7 Å². The van der Waals surface area contributed by atoms with Crippen LogP contribution in [0.2, 0.25) is 0 Å². The average molecular weight is 494 g/mol. The van der Waals surface area contributed by atoms with Gasteiger partial charge >= 0.3 is 11.9 Å². The molecule has 0 amide bonds. The fourth-order valence-corrected chi connectivity index (χ4v) is 8.83. The molecule has 8 rings (SSSR count). The van der Waals surface area contributed by atoms with Crippen molar-refractivity contribution in [1.29, 1.82) is 0 Å². The van der Waals surface area contributed by atoms with Gasteiger partial charge in [0.25, 0.3) is 0 Å². The van der Waals surface area contributed by atoms with Gasteiger partial charge in [-0.2, -0.15) is 0 Å². The van der Waals surface area contributed by atoms with Crippen LogP contribution in [0.25, 0.3) is 0 Å². The van der Waals surface area contributed by atoms with Crippen LogP contribution in [-0.2, 0) is 39.7 Å². The summed E-state index contributed by atoms with van der Waals surface area (Å²) < 4.78 is 31.7. The molecular weight excluding hydrogens is 462 g/mol. The number of hydrogen-bond donors (Lipinski definition) is 0. The van der Waals surface area contributed by atoms with E-state index >= 15 is 0 Å². The van der Waals surface area contributed by atoms with E-state index in [0.717, 1.165) is 29.6 Å². The van der Waals surface area contributed by atoms with Gasteiger partial charge in [0.1, 0.15) is 30.0 Å². The molecule has 1 aromatic rings. The summed E-state index contributed by atoms with van der Waals surface area (Å²) in [5.74, 6) is -0.107. The Hall–Kier alpha value is -2.29. The van der Waals surface area contributed by atoms with E-state index in [1.54, 1.807) is 12.4 Å². The van der Waals surface area contributed by atoms with Gasteiger partial charge in [-0.1, -0.05) is 26.8 Å². The molecule has 0 N–H and O–H groups in total. The van der Waals surface area contributed by atoms with Crippen LogP contribution in [0.15, 0.2) is 35.7 Å². The minimum Gasteiger partial charge on any atom is -0.458 e. The van der Waals surface area contributed by atoms with Crippen LogP contribution in [0, 0.1) is 17.3 Å². The predicted octanol–water partition coefficient (Wildman–Crippen LogP) is 2.68. The minimum atomic E-state index is -0.703. The molecule has 0 aromatic carbocycles. The number of aromatic nitrogens is 1. The highest BCUT2D eigenvalue weighted by Crippen LogP contribution is 2.83. The normalized spacial score (nSPS) is 48.6. The Morgan fingerprint density at radius 3 is 2.89 bits per heavy atom. The van der Waals surface area contributed by atoms with Gasteiger partial charge in [-0.3, -0.25) is 9.78 Å². The number of carbonyl (C=O) groups is 2. The van der Waals surface area contributed by atoms with Gasteiger partial charge in [0.05, 0.1) is 6.10 Å². The van der Waals surface area contributed by atoms with E-state index in [-0.39, 0.29) is 53.9 Å². The smallest absolute Gasteiger partial charge is 0.334 e. The Kier molecular flexibility index (Phi) is 3.98. The topological polar surface area (TPSA) is 103 Å². The number of cyclic esters (lactones) is 1. The molecule has 9 atom stereocenters. The van der Waals surface area contributed by atoms with Crippen molar-refractivity contribution in [2.75, 3.05) is 6.61 Å². The molecule has 7 aliphatic rings. The average Bonchev–Trinajstić information content (AvgIpc) is 3.77. The molecule has 36 heavy (non-hydrogen) atoms. The first-order chi connectivity index (χ1) is 17.3. The first-order valence-corrected chi connectivity index (χ1v) is 13.3. The van der Waals surface area contributed by atoms with E-state index in [4.69, 9.17) is 23.7 Å². The number of ether oxygens (including phenoxy) is 5. The summed E-state index contributed by atoms with van der Waals surface area (Å²) in [4.78, 5) is 29.7. The molecule has 2 saturated carbocycles. The van der Waals surface area contributed by atoms with Crippen molar-refractivity contribution in [2.45, 2.75) is 94.1 Å². The van der Waals surface area contributed by atoms with Crippen LogP contribution >= 0.6 is 0 Å². The number of fused-ring (bicyclic) bond motifs is 4. The fourth-order valence-electron chi connectivity index (χ4n) is 8.83. The summed E-state index contributed by atoms with van der Waals surface area (Å²) in [6.45, 7) is 6.92. The zero-order chi connectivity index (χ0) is 24.7. The lowest BCUT2D eigenvalue weighted by Crippen LogP contribution is -2.70. The number of hydrogen-bond acceptors (Lipinski definition) is 8. The second-order valence-corrected chi connectivity index (χ2v) is 12.2. The number of pyridine rings is 1. The van der Waals surface area contributed by atoms with Crippen LogP contribution in [0.4, 0.5) is 0 Å². The van der Waals surface area contributed by atoms with Crippen molar-refractivity contribution in [2.24, 2.45) is 17.3 Å². The van der Waals surface area contributed by atoms with Crippen LogP contribution in [0.1, 0.15) is 52.0 Å². The Bertz CT molecular complexity index is 1230. The van der Waals surface area contributed by atoms with Gasteiger partial charge in [-0.25, -0.2) is 4.79 Å². The fraction of sp³-hybridized carbons (Fsp3) is 0.679. The van der Waals surface area contributed by atoms with Crippen molar-refractivity contribution in [3.8, 4) is 0 Å². The van der Waals surface area contributed by atoms with Gasteiger partial charge < -0.3 is 23.7 Å². The first kappa shape index (κ1) is 21.8. The molecule has 1 aromatic heterocycles. The van der Waals surface area contributed by atoms with Crippen LogP contribution in [-0.4, -0.2) is 64.7 Å². The zero-order valence-corrected chi connectivity index (χ0v) is 20.8. The summed E-state index contributed by atoms with van der Waals surface area (Å²) >= 11 is 0. The van der Waals surface area contributed by atoms with E-state index in [1.807, 2.05) is 12.1 Å². The maximum absolute atomic E-state index is 13.3. The summed E-state index contributed by atoms with van der Waals surface area (Å²) in [6, 6.07) is 3.85. The van der Waals surface area contributed by atoms with Gasteiger partial charge in [0.2, 0.25) is 0 Å². The lowest BCUT2D eigenvalue weighted by Gasteiger charge is -2.53. The van der Waals surface area contributed by atoms with Crippen molar-refractivity contribution in [3.05, 3.63) is 41.2 Å². The third-order valence-electron chi connectivity index (χ3n) is 10.7. The molecule has 0 unspecified atom stereocenters. The maximum Gasteiger partial charge on any atom is 0.334 e. The molecule has 0 bridgehead atoms. The molecule has 2 spiro atoms. The molecule has 8 nitrogen and oxygen atoms in total. The molecule has 190 valence electrons. The molecule has 5 fully saturated rings. The largest absolute Gasteiger partial charge is 0.458 e. The van der Waals surface area contributed by atoms with E-state index in [9.17, 15) is 9.59 Å². The first-order valence-electron chi connectivity index (χ1n) is 13.3. The number of carbonyl (C=O) groups excluding carboxylic acids is 2. The minimum absolute atomic E-state index is 0.0804. The van der Waals surface area contributed by atoms with Crippen LogP contribution in [0.3, 0.4) is 0 Å². The molecule has 8 heteroatoms. The Morgan fingerprint density at radius 2 is 2.11 bits per heavy atom.